The van der Waals surface area contributed by atoms with E-state index in [0.717, 1.165) is 36.1 Å². The van der Waals surface area contributed by atoms with E-state index in [4.69, 9.17) is 18.9 Å². The maximum atomic E-state index is 12.9. The molecule has 0 radical (unpaired) electrons. The summed E-state index contributed by atoms with van der Waals surface area (Å²) in [6, 6.07) is 9.37. The van der Waals surface area contributed by atoms with E-state index >= 15 is 0 Å². The Labute approximate surface area is 159 Å². The van der Waals surface area contributed by atoms with E-state index in [2.05, 4.69) is 0 Å². The second-order valence-electron chi connectivity index (χ2n) is 6.32. The molecule has 142 valence electrons. The van der Waals surface area contributed by atoms with E-state index in [1.807, 2.05) is 18.2 Å². The first kappa shape index (κ1) is 18.8. The second kappa shape index (κ2) is 8.16. The van der Waals surface area contributed by atoms with Crippen molar-refractivity contribution in [3.63, 3.8) is 0 Å². The number of ketones is 1. The van der Waals surface area contributed by atoms with Crippen LogP contribution in [0.1, 0.15) is 34.3 Å². The van der Waals surface area contributed by atoms with Crippen molar-refractivity contribution in [1.29, 1.82) is 0 Å². The second-order valence-corrected chi connectivity index (χ2v) is 6.32. The Morgan fingerprint density at radius 1 is 0.889 bits per heavy atom. The number of ether oxygens (including phenoxy) is 4. The Balaban J connectivity index is 1.99. The average Bonchev–Trinajstić information content (AvgIpc) is 2.72. The molecule has 0 heterocycles. The predicted octanol–water partition coefficient (Wildman–Crippen LogP) is 4.32. The molecule has 0 aromatic heterocycles. The van der Waals surface area contributed by atoms with Gasteiger partial charge in [0.15, 0.2) is 17.3 Å². The molecule has 0 atom stereocenters. The van der Waals surface area contributed by atoms with Gasteiger partial charge in [-0.15, -0.1) is 0 Å². The number of aryl methyl sites for hydroxylation is 1. The molecule has 2 aromatic carbocycles. The largest absolute Gasteiger partial charge is 0.497 e. The maximum Gasteiger partial charge on any atom is 0.203 e. The fraction of sp³-hybridized carbons (Fsp3) is 0.318. The van der Waals surface area contributed by atoms with Crippen LogP contribution in [0.3, 0.4) is 0 Å². The van der Waals surface area contributed by atoms with E-state index in [0.29, 0.717) is 22.8 Å². The highest BCUT2D eigenvalue weighted by atomic mass is 16.5. The van der Waals surface area contributed by atoms with E-state index in [1.165, 1.54) is 26.9 Å². The summed E-state index contributed by atoms with van der Waals surface area (Å²) in [6.07, 6.45) is 4.58. The lowest BCUT2D eigenvalue weighted by Crippen LogP contribution is -2.05. The zero-order valence-electron chi connectivity index (χ0n) is 16.1. The van der Waals surface area contributed by atoms with Crippen LogP contribution >= 0.6 is 0 Å². The van der Waals surface area contributed by atoms with Crippen molar-refractivity contribution in [3.05, 3.63) is 53.1 Å². The lowest BCUT2D eigenvalue weighted by atomic mass is 9.86. The van der Waals surface area contributed by atoms with Crippen molar-refractivity contribution in [2.75, 3.05) is 28.4 Å². The highest BCUT2D eigenvalue weighted by Gasteiger charge is 2.19. The Kier molecular flexibility index (Phi) is 5.69. The monoisotopic (exact) mass is 368 g/mol. The lowest BCUT2D eigenvalue weighted by molar-refractivity contribution is 0.104. The van der Waals surface area contributed by atoms with Crippen molar-refractivity contribution in [2.45, 2.75) is 19.3 Å². The van der Waals surface area contributed by atoms with E-state index in [1.54, 1.807) is 25.3 Å². The lowest BCUT2D eigenvalue weighted by Gasteiger charge is -2.20. The zero-order valence-corrected chi connectivity index (χ0v) is 16.1. The van der Waals surface area contributed by atoms with Crippen LogP contribution in [0, 0.1) is 0 Å². The number of rotatable bonds is 6. The van der Waals surface area contributed by atoms with Gasteiger partial charge in [-0.2, -0.15) is 0 Å². The van der Waals surface area contributed by atoms with Crippen LogP contribution in [0.2, 0.25) is 0 Å². The topological polar surface area (TPSA) is 54.0 Å². The van der Waals surface area contributed by atoms with Crippen LogP contribution < -0.4 is 18.9 Å². The molecule has 0 spiro atoms. The number of methoxy groups -OCH3 is 4. The first-order valence-electron chi connectivity index (χ1n) is 8.83. The third-order valence-electron chi connectivity index (χ3n) is 4.81. The molecule has 0 aliphatic heterocycles. The van der Waals surface area contributed by atoms with E-state index in [9.17, 15) is 4.79 Å². The molecule has 3 rings (SSSR count). The van der Waals surface area contributed by atoms with Crippen LogP contribution in [-0.2, 0) is 6.42 Å². The minimum Gasteiger partial charge on any atom is -0.497 e. The molecule has 27 heavy (non-hydrogen) atoms. The molecule has 0 amide bonds. The molecule has 0 bridgehead atoms. The van der Waals surface area contributed by atoms with E-state index < -0.39 is 0 Å². The van der Waals surface area contributed by atoms with Gasteiger partial charge in [0, 0.05) is 5.56 Å². The van der Waals surface area contributed by atoms with Gasteiger partial charge in [0.1, 0.15) is 5.75 Å². The summed E-state index contributed by atoms with van der Waals surface area (Å²) in [6.45, 7) is 0. The number of carbonyl (C=O) groups is 1. The Hall–Kier alpha value is -2.95. The number of carbonyl (C=O) groups excluding carboxylic acids is 1. The molecule has 1 aliphatic carbocycles. The van der Waals surface area contributed by atoms with Crippen LogP contribution in [0.25, 0.3) is 5.57 Å². The van der Waals surface area contributed by atoms with Gasteiger partial charge in [-0.25, -0.2) is 0 Å². The fourth-order valence-electron chi connectivity index (χ4n) is 3.44. The van der Waals surface area contributed by atoms with Crippen molar-refractivity contribution < 1.29 is 23.7 Å². The number of fused-ring (bicyclic) bond motifs is 1. The minimum atomic E-state index is -0.0899. The van der Waals surface area contributed by atoms with Gasteiger partial charge in [0.05, 0.1) is 28.4 Å². The first-order valence-corrected chi connectivity index (χ1v) is 8.83. The highest BCUT2D eigenvalue weighted by molar-refractivity contribution is 6.09. The Morgan fingerprint density at radius 2 is 1.59 bits per heavy atom. The SMILES string of the molecule is COc1ccc2c(c1)CCC/C2=C\C(=O)c1cc(OC)c(OC)c(OC)c1. The number of benzene rings is 2. The van der Waals surface area contributed by atoms with Gasteiger partial charge >= 0.3 is 0 Å². The average molecular weight is 368 g/mol. The van der Waals surface area contributed by atoms with Crippen molar-refractivity contribution in [1.82, 2.24) is 0 Å². The molecule has 0 N–H and O–H groups in total. The molecule has 0 saturated heterocycles. The van der Waals surface area contributed by atoms with Gasteiger partial charge in [0.2, 0.25) is 5.75 Å². The van der Waals surface area contributed by atoms with Gasteiger partial charge in [0.25, 0.3) is 0 Å². The van der Waals surface area contributed by atoms with Crippen LogP contribution in [0.5, 0.6) is 23.0 Å². The molecule has 2 aromatic rings. The molecule has 1 aliphatic rings. The Morgan fingerprint density at radius 3 is 2.19 bits per heavy atom. The summed E-state index contributed by atoms with van der Waals surface area (Å²) in [7, 11) is 6.27. The number of allylic oxidation sites excluding steroid dienone is 2. The summed E-state index contributed by atoms with van der Waals surface area (Å²) in [5, 5.41) is 0. The predicted molar refractivity (Wildman–Crippen MR) is 104 cm³/mol. The normalized spacial score (nSPS) is 14.4. The molecule has 5 nitrogen and oxygen atoms in total. The highest BCUT2D eigenvalue weighted by Crippen LogP contribution is 2.39. The number of hydrogen-bond acceptors (Lipinski definition) is 5. The van der Waals surface area contributed by atoms with Crippen molar-refractivity contribution in [3.8, 4) is 23.0 Å². The summed E-state index contributed by atoms with van der Waals surface area (Å²) < 4.78 is 21.3. The molecule has 0 saturated carbocycles. The molecule has 5 heteroatoms. The molecule has 0 fully saturated rings. The Bertz CT molecular complexity index is 857. The smallest absolute Gasteiger partial charge is 0.203 e. The van der Waals surface area contributed by atoms with E-state index in [-0.39, 0.29) is 5.78 Å². The molecular weight excluding hydrogens is 344 g/mol. The quantitative estimate of drug-likeness (QED) is 0.561. The third-order valence-corrected chi connectivity index (χ3v) is 4.81. The van der Waals surface area contributed by atoms with Gasteiger partial charge in [-0.3, -0.25) is 4.79 Å². The van der Waals surface area contributed by atoms with Crippen molar-refractivity contribution >= 4 is 11.4 Å². The maximum absolute atomic E-state index is 12.9. The summed E-state index contributed by atoms with van der Waals surface area (Å²) in [4.78, 5) is 12.9. The first-order chi connectivity index (χ1) is 13.1. The number of hydrogen-bond donors (Lipinski definition) is 0. The molecule has 0 unspecified atom stereocenters. The fourth-order valence-corrected chi connectivity index (χ4v) is 3.44. The van der Waals surface area contributed by atoms with Crippen molar-refractivity contribution in [2.24, 2.45) is 0 Å². The molecular formula is C22H24O5. The summed E-state index contributed by atoms with van der Waals surface area (Å²) >= 11 is 0. The van der Waals surface area contributed by atoms with Gasteiger partial charge in [-0.1, -0.05) is 6.07 Å². The van der Waals surface area contributed by atoms with Crippen LogP contribution in [-0.4, -0.2) is 34.2 Å². The third kappa shape index (κ3) is 3.77. The van der Waals surface area contributed by atoms with Crippen LogP contribution in [0.15, 0.2) is 36.4 Å². The standard InChI is InChI=1S/C22H24O5/c1-24-17-8-9-18-14(10-17)6-5-7-15(18)11-19(23)16-12-20(25-2)22(27-4)21(13-16)26-3/h8-13H,5-7H2,1-4H3/b15-11+. The minimum absolute atomic E-state index is 0.0899. The van der Waals surface area contributed by atoms with Crippen LogP contribution in [0.4, 0.5) is 0 Å². The summed E-state index contributed by atoms with van der Waals surface area (Å²) in [5.74, 6) is 2.15. The van der Waals surface area contributed by atoms with Gasteiger partial charge < -0.3 is 18.9 Å². The van der Waals surface area contributed by atoms with Gasteiger partial charge in [-0.05, 0) is 66.3 Å². The summed E-state index contributed by atoms with van der Waals surface area (Å²) in [5.41, 5.74) is 3.86. The zero-order chi connectivity index (χ0) is 19.4.